The van der Waals surface area contributed by atoms with Gasteiger partial charge in [0.1, 0.15) is 18.1 Å². The number of hydrogen-bond acceptors (Lipinski definition) is 6. The Morgan fingerprint density at radius 1 is 1.22 bits per heavy atom. The summed E-state index contributed by atoms with van der Waals surface area (Å²) in [7, 11) is 0. The number of hydrogen-bond donors (Lipinski definition) is 1. The van der Waals surface area contributed by atoms with Crippen LogP contribution >= 0.6 is 11.6 Å². The molecule has 0 saturated carbocycles. The molecule has 1 unspecified atom stereocenters. The molecule has 1 aromatic heterocycles. The fraction of sp³-hybridized carbons (Fsp3) is 0.240. The molecule has 0 radical (unpaired) electrons. The van der Waals surface area contributed by atoms with Crippen LogP contribution in [0.15, 0.2) is 66.8 Å². The second-order valence-electron chi connectivity index (χ2n) is 8.10. The van der Waals surface area contributed by atoms with Gasteiger partial charge in [-0.2, -0.15) is 0 Å². The first-order valence-electron chi connectivity index (χ1n) is 11.3. The number of ketones is 1. The molecule has 186 valence electrons. The number of ether oxygens (including phenoxy) is 1. The summed E-state index contributed by atoms with van der Waals surface area (Å²) in [5, 5.41) is 24.9. The van der Waals surface area contributed by atoms with Gasteiger partial charge >= 0.3 is 0 Å². The van der Waals surface area contributed by atoms with Gasteiger partial charge in [-0.25, -0.2) is 4.57 Å². The summed E-state index contributed by atoms with van der Waals surface area (Å²) in [5.74, 6) is -1.94. The molecule has 1 fully saturated rings. The number of Topliss-reactive ketones (excluding diaryl/α,β-unsaturated/α-hetero) is 1. The predicted octanol–water partition coefficient (Wildman–Crippen LogP) is 2.58. The first kappa shape index (κ1) is 24.9. The SMILES string of the molecule is CCOc1ccc(C([O-])=C2C(=O)C(=O)N(CCC[n+]3cc[nH]c3)C2c2ccc([N+](=O)[O-])cc2)cc1Cl. The highest BCUT2D eigenvalue weighted by Crippen LogP contribution is 2.40. The molecule has 11 heteroatoms. The highest BCUT2D eigenvalue weighted by Gasteiger charge is 2.44. The number of nitro benzene ring substituents is 1. The summed E-state index contributed by atoms with van der Waals surface area (Å²) in [6.07, 6.45) is 5.88. The van der Waals surface area contributed by atoms with Crippen molar-refractivity contribution in [2.45, 2.75) is 25.9 Å². The standard InChI is InChI=1S/C25H23ClN4O6/c1-2-36-20-9-6-17(14-19(20)26)23(31)21-22(16-4-7-18(8-5-16)30(34)35)29(25(33)24(21)32)12-3-11-28-13-10-27-15-28/h4-10,13-15,22H,2-3,11-12H2,1H3,(H,31,32). The Bertz CT molecular complexity index is 1320. The van der Waals surface area contributed by atoms with Crippen molar-refractivity contribution in [2.24, 2.45) is 0 Å². The number of aryl methyl sites for hydroxylation is 1. The molecule has 2 aromatic carbocycles. The van der Waals surface area contributed by atoms with Gasteiger partial charge < -0.3 is 14.7 Å². The van der Waals surface area contributed by atoms with Gasteiger partial charge in [-0.05, 0) is 42.3 Å². The number of rotatable bonds is 9. The first-order valence-corrected chi connectivity index (χ1v) is 11.6. The lowest BCUT2D eigenvalue weighted by molar-refractivity contribution is -0.695. The number of carbonyl (C=O) groups excluding carboxylic acids is 2. The Hall–Kier alpha value is -4.18. The Morgan fingerprint density at radius 3 is 2.58 bits per heavy atom. The van der Waals surface area contributed by atoms with E-state index in [1.54, 1.807) is 19.4 Å². The minimum atomic E-state index is -0.986. The van der Waals surface area contributed by atoms with Crippen molar-refractivity contribution in [3.05, 3.63) is 93.0 Å². The van der Waals surface area contributed by atoms with Crippen molar-refractivity contribution >= 4 is 34.7 Å². The molecule has 1 aliphatic rings. The number of aromatic nitrogens is 2. The molecule has 1 aliphatic heterocycles. The zero-order valence-electron chi connectivity index (χ0n) is 19.3. The van der Waals surface area contributed by atoms with Crippen LogP contribution in [0.1, 0.15) is 30.5 Å². The summed E-state index contributed by atoms with van der Waals surface area (Å²) >= 11 is 6.25. The smallest absolute Gasteiger partial charge is 0.295 e. The topological polar surface area (TPSA) is 132 Å². The molecule has 0 bridgehead atoms. The third-order valence-electron chi connectivity index (χ3n) is 5.86. The molecular formula is C25H23ClN4O6. The van der Waals surface area contributed by atoms with Crippen LogP contribution in [-0.4, -0.2) is 39.6 Å². The van der Waals surface area contributed by atoms with Crippen LogP contribution in [0, 0.1) is 10.1 Å². The van der Waals surface area contributed by atoms with E-state index < -0.39 is 28.4 Å². The summed E-state index contributed by atoms with van der Waals surface area (Å²) in [5.41, 5.74) is 0.199. The van der Waals surface area contributed by atoms with E-state index in [9.17, 15) is 24.8 Å². The second kappa shape index (κ2) is 10.6. The van der Waals surface area contributed by atoms with Crippen molar-refractivity contribution in [3.63, 3.8) is 0 Å². The summed E-state index contributed by atoms with van der Waals surface area (Å²) in [6, 6.07) is 8.92. The molecule has 1 saturated heterocycles. The van der Waals surface area contributed by atoms with E-state index in [1.165, 1.54) is 47.4 Å². The van der Waals surface area contributed by atoms with Crippen molar-refractivity contribution in [2.75, 3.05) is 13.2 Å². The molecule has 3 aromatic rings. The normalized spacial score (nSPS) is 16.9. The van der Waals surface area contributed by atoms with E-state index in [-0.39, 0.29) is 28.4 Å². The van der Waals surface area contributed by atoms with Crippen LogP contribution in [0.5, 0.6) is 5.75 Å². The maximum absolute atomic E-state index is 13.5. The van der Waals surface area contributed by atoms with Crippen molar-refractivity contribution in [3.8, 4) is 5.75 Å². The molecule has 1 N–H and O–H groups in total. The number of benzene rings is 2. The van der Waals surface area contributed by atoms with Gasteiger partial charge in [-0.15, -0.1) is 0 Å². The Labute approximate surface area is 211 Å². The molecule has 4 rings (SSSR count). The van der Waals surface area contributed by atoms with Crippen LogP contribution in [0.3, 0.4) is 0 Å². The van der Waals surface area contributed by atoms with Crippen molar-refractivity contribution in [1.29, 1.82) is 0 Å². The van der Waals surface area contributed by atoms with Gasteiger partial charge in [0.05, 0.1) is 29.1 Å². The summed E-state index contributed by atoms with van der Waals surface area (Å²) in [6.45, 7) is 2.96. The van der Waals surface area contributed by atoms with Gasteiger partial charge in [-0.3, -0.25) is 24.7 Å². The fourth-order valence-corrected chi connectivity index (χ4v) is 4.41. The van der Waals surface area contributed by atoms with E-state index >= 15 is 0 Å². The monoisotopic (exact) mass is 510 g/mol. The average molecular weight is 511 g/mol. The molecule has 0 spiro atoms. The van der Waals surface area contributed by atoms with Gasteiger partial charge in [0.2, 0.25) is 12.1 Å². The van der Waals surface area contributed by atoms with Crippen LogP contribution in [0.25, 0.3) is 5.76 Å². The summed E-state index contributed by atoms with van der Waals surface area (Å²) in [4.78, 5) is 41.0. The first-order chi connectivity index (χ1) is 17.3. The van der Waals surface area contributed by atoms with Gasteiger partial charge in [0, 0.05) is 30.7 Å². The molecule has 2 heterocycles. The molecule has 1 amide bonds. The van der Waals surface area contributed by atoms with E-state index in [4.69, 9.17) is 16.3 Å². The Balaban J connectivity index is 1.74. The lowest BCUT2D eigenvalue weighted by Crippen LogP contribution is -2.36. The maximum atomic E-state index is 13.5. The third-order valence-corrected chi connectivity index (χ3v) is 6.16. The maximum Gasteiger partial charge on any atom is 0.295 e. The Morgan fingerprint density at radius 2 is 1.97 bits per heavy atom. The Kier molecular flexibility index (Phi) is 7.35. The quantitative estimate of drug-likeness (QED) is 0.117. The second-order valence-corrected chi connectivity index (χ2v) is 8.51. The number of nitrogens with zero attached hydrogens (tertiary/aromatic N) is 3. The molecular weight excluding hydrogens is 488 g/mol. The minimum Gasteiger partial charge on any atom is -0.872 e. The lowest BCUT2D eigenvalue weighted by atomic mass is 9.95. The van der Waals surface area contributed by atoms with Crippen molar-refractivity contribution in [1.82, 2.24) is 9.88 Å². The predicted molar refractivity (Wildman–Crippen MR) is 128 cm³/mol. The van der Waals surface area contributed by atoms with Gasteiger partial charge in [0.25, 0.3) is 11.6 Å². The van der Waals surface area contributed by atoms with Crippen LogP contribution in [0.2, 0.25) is 5.02 Å². The number of aromatic amines is 1. The number of amides is 1. The summed E-state index contributed by atoms with van der Waals surface area (Å²) < 4.78 is 7.30. The van der Waals surface area contributed by atoms with Crippen LogP contribution in [-0.2, 0) is 16.1 Å². The van der Waals surface area contributed by atoms with Gasteiger partial charge in [0.15, 0.2) is 0 Å². The van der Waals surface area contributed by atoms with E-state index in [0.717, 1.165) is 0 Å². The number of imidazole rings is 1. The van der Waals surface area contributed by atoms with Crippen LogP contribution in [0.4, 0.5) is 5.69 Å². The zero-order valence-corrected chi connectivity index (χ0v) is 20.1. The van der Waals surface area contributed by atoms with E-state index in [2.05, 4.69) is 4.98 Å². The van der Waals surface area contributed by atoms with Crippen LogP contribution < -0.4 is 14.4 Å². The third kappa shape index (κ3) is 4.94. The molecule has 1 atom stereocenters. The number of carbonyl (C=O) groups is 2. The van der Waals surface area contributed by atoms with E-state index in [1.807, 2.05) is 10.8 Å². The average Bonchev–Trinajstić information content (AvgIpc) is 3.47. The van der Waals surface area contributed by atoms with Gasteiger partial charge in [-0.1, -0.05) is 23.4 Å². The lowest BCUT2D eigenvalue weighted by Gasteiger charge is -2.27. The number of nitrogens with one attached hydrogen (secondary N) is 1. The number of halogens is 1. The number of nitro groups is 1. The van der Waals surface area contributed by atoms with E-state index in [0.29, 0.717) is 30.9 Å². The number of non-ortho nitro benzene ring substituents is 1. The largest absolute Gasteiger partial charge is 0.872 e. The minimum absolute atomic E-state index is 0.135. The molecule has 0 aliphatic carbocycles. The highest BCUT2D eigenvalue weighted by molar-refractivity contribution is 6.46. The fourth-order valence-electron chi connectivity index (χ4n) is 4.18. The highest BCUT2D eigenvalue weighted by atomic mass is 35.5. The molecule has 10 nitrogen and oxygen atoms in total. The number of likely N-dealkylation sites (tertiary alicyclic amines) is 1. The zero-order chi connectivity index (χ0) is 25.8. The molecule has 36 heavy (non-hydrogen) atoms. The van der Waals surface area contributed by atoms with Crippen molar-refractivity contribution < 1.29 is 28.9 Å². The number of H-pyrrole nitrogens is 1.